The smallest absolute Gasteiger partial charge is 0.278 e. The van der Waals surface area contributed by atoms with Crippen LogP contribution in [0.15, 0.2) is 12.4 Å². The largest absolute Gasteiger partial charge is 0.329 e. The molecule has 0 saturated carbocycles. The molecule has 0 aliphatic carbocycles. The monoisotopic (exact) mass is 300 g/mol. The van der Waals surface area contributed by atoms with Gasteiger partial charge in [0.25, 0.3) is 10.1 Å². The van der Waals surface area contributed by atoms with Gasteiger partial charge < -0.3 is 0 Å². The summed E-state index contributed by atoms with van der Waals surface area (Å²) >= 11 is 0. The molecule has 2 rings (SSSR count). The molecule has 20 heavy (non-hydrogen) atoms. The predicted octanol–water partition coefficient (Wildman–Crippen LogP) is -0.601. The van der Waals surface area contributed by atoms with Crippen LogP contribution < -0.4 is 10.2 Å². The first-order valence-electron chi connectivity index (χ1n) is 5.62. The Bertz CT molecular complexity index is 628. The van der Waals surface area contributed by atoms with Gasteiger partial charge in [0.15, 0.2) is 5.82 Å². The molecule has 1 aromatic heterocycles. The number of carbonyl (C=O) groups excluding carboxylic acids is 2. The number of aromatic nitrogens is 2. The quantitative estimate of drug-likeness (QED) is 0.737. The summed E-state index contributed by atoms with van der Waals surface area (Å²) in [4.78, 5) is 31.8. The molecule has 1 aliphatic heterocycles. The Morgan fingerprint density at radius 3 is 2.65 bits per heavy atom. The fourth-order valence-corrected chi connectivity index (χ4v) is 1.85. The highest BCUT2D eigenvalue weighted by atomic mass is 32.2. The average molecular weight is 300 g/mol. The second kappa shape index (κ2) is 5.51. The zero-order chi connectivity index (χ0) is 14.8. The van der Waals surface area contributed by atoms with E-state index >= 15 is 0 Å². The van der Waals surface area contributed by atoms with Gasteiger partial charge in [0.2, 0.25) is 5.91 Å². The molecule has 0 unspecified atom stereocenters. The molecule has 1 fully saturated rings. The van der Waals surface area contributed by atoms with Crippen LogP contribution in [0.2, 0.25) is 0 Å². The van der Waals surface area contributed by atoms with Gasteiger partial charge in [-0.05, 0) is 0 Å². The number of anilines is 1. The molecule has 0 radical (unpaired) electrons. The van der Waals surface area contributed by atoms with Crippen LogP contribution in [0.5, 0.6) is 0 Å². The third-order valence-corrected chi connectivity index (χ3v) is 2.99. The summed E-state index contributed by atoms with van der Waals surface area (Å²) < 4.78 is 26.2. The lowest BCUT2D eigenvalue weighted by Crippen LogP contribution is -2.49. The van der Waals surface area contributed by atoms with E-state index in [9.17, 15) is 18.0 Å². The van der Waals surface area contributed by atoms with E-state index in [1.807, 2.05) is 0 Å². The highest BCUT2D eigenvalue weighted by Gasteiger charge is 2.25. The highest BCUT2D eigenvalue weighted by Crippen LogP contribution is 2.13. The summed E-state index contributed by atoms with van der Waals surface area (Å²) in [6.07, 6.45) is 3.75. The van der Waals surface area contributed by atoms with Gasteiger partial charge >= 0.3 is 6.03 Å². The van der Waals surface area contributed by atoms with Gasteiger partial charge in [0.1, 0.15) is 6.61 Å². The molecule has 3 amide bonds. The molecule has 1 N–H and O–H groups in total. The van der Waals surface area contributed by atoms with Crippen molar-refractivity contribution in [3.05, 3.63) is 18.1 Å². The van der Waals surface area contributed by atoms with E-state index in [2.05, 4.69) is 19.5 Å². The third kappa shape index (κ3) is 3.71. The van der Waals surface area contributed by atoms with E-state index in [0.29, 0.717) is 5.69 Å². The van der Waals surface area contributed by atoms with Crippen LogP contribution in [-0.4, -0.2) is 43.1 Å². The second-order valence-electron chi connectivity index (χ2n) is 4.09. The second-order valence-corrected chi connectivity index (χ2v) is 5.73. The van der Waals surface area contributed by atoms with E-state index < -0.39 is 16.1 Å². The number of carbonyl (C=O) groups is 2. The maximum absolute atomic E-state index is 11.6. The zero-order valence-electron chi connectivity index (χ0n) is 10.6. The Labute approximate surface area is 115 Å². The van der Waals surface area contributed by atoms with E-state index in [4.69, 9.17) is 0 Å². The van der Waals surface area contributed by atoms with Gasteiger partial charge in [0, 0.05) is 13.0 Å². The Balaban J connectivity index is 2.04. The van der Waals surface area contributed by atoms with Crippen molar-refractivity contribution in [1.29, 1.82) is 0 Å². The van der Waals surface area contributed by atoms with Crippen LogP contribution in [0.3, 0.4) is 0 Å². The van der Waals surface area contributed by atoms with Crippen LogP contribution in [0.1, 0.15) is 12.1 Å². The Morgan fingerprint density at radius 2 is 2.10 bits per heavy atom. The zero-order valence-corrected chi connectivity index (χ0v) is 11.4. The van der Waals surface area contributed by atoms with Crippen molar-refractivity contribution >= 4 is 27.9 Å². The summed E-state index contributed by atoms with van der Waals surface area (Å²) in [5.41, 5.74) is 0.313. The fraction of sp³-hybridized carbons (Fsp3) is 0.400. The molecule has 9 nitrogen and oxygen atoms in total. The third-order valence-electron chi connectivity index (χ3n) is 2.44. The molecule has 1 aliphatic rings. The van der Waals surface area contributed by atoms with E-state index in [1.54, 1.807) is 0 Å². The Hall–Kier alpha value is -2.07. The molecule has 1 aromatic rings. The van der Waals surface area contributed by atoms with Gasteiger partial charge in [0.05, 0.1) is 24.3 Å². The van der Waals surface area contributed by atoms with Crippen molar-refractivity contribution in [3.8, 4) is 0 Å². The molecule has 2 heterocycles. The standard InChI is InChI=1S/C10H12N4O5S/c1-20(17,18)19-6-7-4-12-8(5-11-7)14-3-2-9(15)13-10(14)16/h4-5H,2-3,6H2,1H3,(H,13,15,16). The number of nitrogens with one attached hydrogen (secondary N) is 1. The van der Waals surface area contributed by atoms with Crippen LogP contribution in [0.4, 0.5) is 10.6 Å². The van der Waals surface area contributed by atoms with Crippen LogP contribution in [0.25, 0.3) is 0 Å². The van der Waals surface area contributed by atoms with Gasteiger partial charge in [-0.25, -0.2) is 9.78 Å². The fourth-order valence-electron chi connectivity index (χ4n) is 1.51. The number of rotatable bonds is 4. The summed E-state index contributed by atoms with van der Waals surface area (Å²) in [7, 11) is -3.55. The minimum absolute atomic E-state index is 0.187. The van der Waals surface area contributed by atoms with Gasteiger partial charge in [-0.3, -0.25) is 24.2 Å². The van der Waals surface area contributed by atoms with Crippen molar-refractivity contribution in [1.82, 2.24) is 15.3 Å². The molecule has 108 valence electrons. The highest BCUT2D eigenvalue weighted by molar-refractivity contribution is 7.85. The molecule has 0 atom stereocenters. The SMILES string of the molecule is CS(=O)(=O)OCc1cnc(N2CCC(=O)NC2=O)cn1. The summed E-state index contributed by atoms with van der Waals surface area (Å²) in [5, 5.41) is 2.16. The maximum atomic E-state index is 11.6. The first-order valence-corrected chi connectivity index (χ1v) is 7.43. The molecule has 0 spiro atoms. The first kappa shape index (κ1) is 14.3. The molecular weight excluding hydrogens is 288 g/mol. The van der Waals surface area contributed by atoms with Gasteiger partial charge in [-0.1, -0.05) is 0 Å². The lowest BCUT2D eigenvalue weighted by Gasteiger charge is -2.25. The van der Waals surface area contributed by atoms with Crippen molar-refractivity contribution in [2.24, 2.45) is 0 Å². The number of urea groups is 1. The van der Waals surface area contributed by atoms with Gasteiger partial charge in [-0.15, -0.1) is 0 Å². The predicted molar refractivity (Wildman–Crippen MR) is 67.2 cm³/mol. The summed E-state index contributed by atoms with van der Waals surface area (Å²) in [6, 6.07) is -0.560. The van der Waals surface area contributed by atoms with Crippen LogP contribution in [-0.2, 0) is 25.7 Å². The number of amides is 3. The minimum atomic E-state index is -3.55. The Kier molecular flexibility index (Phi) is 3.95. The molecular formula is C10H12N4O5S. The molecule has 0 aromatic carbocycles. The van der Waals surface area contributed by atoms with Crippen LogP contribution in [0, 0.1) is 0 Å². The minimum Gasteiger partial charge on any atom is -0.278 e. The van der Waals surface area contributed by atoms with E-state index in [0.717, 1.165) is 6.26 Å². The molecule has 1 saturated heterocycles. The van der Waals surface area contributed by atoms with Crippen molar-refractivity contribution in [2.45, 2.75) is 13.0 Å². The van der Waals surface area contributed by atoms with Crippen molar-refractivity contribution in [3.63, 3.8) is 0 Å². The lowest BCUT2D eigenvalue weighted by molar-refractivity contribution is -0.120. The number of hydrogen-bond donors (Lipinski definition) is 1. The average Bonchev–Trinajstić information content (AvgIpc) is 2.36. The number of nitrogens with zero attached hydrogens (tertiary/aromatic N) is 3. The van der Waals surface area contributed by atoms with Crippen molar-refractivity contribution in [2.75, 3.05) is 17.7 Å². The number of imide groups is 1. The topological polar surface area (TPSA) is 119 Å². The van der Waals surface area contributed by atoms with Crippen LogP contribution >= 0.6 is 0 Å². The van der Waals surface area contributed by atoms with Gasteiger partial charge in [-0.2, -0.15) is 8.42 Å². The first-order chi connectivity index (χ1) is 9.35. The molecule has 0 bridgehead atoms. The Morgan fingerprint density at radius 1 is 1.35 bits per heavy atom. The normalized spacial score (nSPS) is 16.1. The summed E-state index contributed by atoms with van der Waals surface area (Å²) in [6.45, 7) is -0.00463. The number of hydrogen-bond acceptors (Lipinski definition) is 7. The van der Waals surface area contributed by atoms with Crippen molar-refractivity contribution < 1.29 is 22.2 Å². The summed E-state index contributed by atoms with van der Waals surface area (Å²) in [5.74, 6) is -0.0597. The maximum Gasteiger partial charge on any atom is 0.329 e. The van der Waals surface area contributed by atoms with E-state index in [-0.39, 0.29) is 31.3 Å². The lowest BCUT2D eigenvalue weighted by atomic mass is 10.3. The molecule has 10 heteroatoms. The van der Waals surface area contributed by atoms with E-state index in [1.165, 1.54) is 17.3 Å².